The third-order valence-corrected chi connectivity index (χ3v) is 3.78. The van der Waals surface area contributed by atoms with Crippen LogP contribution in [0.5, 0.6) is 11.6 Å². The molecular weight excluding hydrogens is 291 g/mol. The largest absolute Gasteiger partial charge is 0.436 e. The number of ether oxygens (including phenoxy) is 1. The fraction of sp³-hybridized carbons (Fsp3) is 0.250. The van der Waals surface area contributed by atoms with Gasteiger partial charge in [0, 0.05) is 5.69 Å². The summed E-state index contributed by atoms with van der Waals surface area (Å²) in [5.41, 5.74) is 2.44. The summed E-state index contributed by atoms with van der Waals surface area (Å²) in [6.07, 6.45) is 4.02. The smallest absolute Gasteiger partial charge is 0.237 e. The monoisotopic (exact) mass is 302 g/mol. The maximum Gasteiger partial charge on any atom is 0.237 e. The molecule has 106 valence electrons. The van der Waals surface area contributed by atoms with E-state index in [9.17, 15) is 9.65 Å². The fourth-order valence-electron chi connectivity index (χ4n) is 2.43. The van der Waals surface area contributed by atoms with Crippen molar-refractivity contribution in [3.8, 4) is 17.7 Å². The molecule has 0 spiro atoms. The number of fused-ring (bicyclic) bond motifs is 1. The van der Waals surface area contributed by atoms with Gasteiger partial charge in [0.05, 0.1) is 5.02 Å². The van der Waals surface area contributed by atoms with Gasteiger partial charge in [-0.1, -0.05) is 11.6 Å². The van der Waals surface area contributed by atoms with Crippen LogP contribution in [0, 0.1) is 17.1 Å². The minimum Gasteiger partial charge on any atom is -0.436 e. The number of hydrogen-bond donors (Lipinski definition) is 0. The first-order valence-corrected chi connectivity index (χ1v) is 7.11. The Labute approximate surface area is 127 Å². The Morgan fingerprint density at radius 1 is 1.24 bits per heavy atom. The lowest BCUT2D eigenvalue weighted by Crippen LogP contribution is -2.07. The number of aromatic nitrogens is 1. The molecule has 0 N–H and O–H groups in total. The summed E-state index contributed by atoms with van der Waals surface area (Å²) in [6, 6.07) is 7.77. The summed E-state index contributed by atoms with van der Waals surface area (Å²) >= 11 is 5.94. The lowest BCUT2D eigenvalue weighted by atomic mass is 9.95. The molecule has 0 fully saturated rings. The van der Waals surface area contributed by atoms with Crippen LogP contribution < -0.4 is 4.74 Å². The van der Waals surface area contributed by atoms with Gasteiger partial charge >= 0.3 is 0 Å². The standard InChI is InChI=1S/C16H12ClFN2O/c17-13-8-12(18)5-6-15(13)21-16-11(9-19)7-10-3-1-2-4-14(10)20-16/h5-8H,1-4H2. The van der Waals surface area contributed by atoms with E-state index >= 15 is 0 Å². The summed E-state index contributed by atoms with van der Waals surface area (Å²) in [5.74, 6) is 0.0794. The summed E-state index contributed by atoms with van der Waals surface area (Å²) in [5, 5.41) is 9.40. The number of halogens is 2. The Morgan fingerprint density at radius 2 is 2.05 bits per heavy atom. The van der Waals surface area contributed by atoms with Gasteiger partial charge in [-0.3, -0.25) is 0 Å². The van der Waals surface area contributed by atoms with Crippen molar-refractivity contribution in [2.75, 3.05) is 0 Å². The van der Waals surface area contributed by atoms with Gasteiger partial charge in [0.25, 0.3) is 0 Å². The lowest BCUT2D eigenvalue weighted by Gasteiger charge is -2.17. The quantitative estimate of drug-likeness (QED) is 0.825. The molecule has 0 saturated heterocycles. The second kappa shape index (κ2) is 5.71. The van der Waals surface area contributed by atoms with Crippen LogP contribution in [0.15, 0.2) is 24.3 Å². The van der Waals surface area contributed by atoms with Crippen molar-refractivity contribution in [2.24, 2.45) is 0 Å². The van der Waals surface area contributed by atoms with Crippen LogP contribution in [0.4, 0.5) is 4.39 Å². The van der Waals surface area contributed by atoms with Crippen LogP contribution in [0.2, 0.25) is 5.02 Å². The summed E-state index contributed by atoms with van der Waals surface area (Å²) < 4.78 is 18.7. The van der Waals surface area contributed by atoms with Crippen molar-refractivity contribution in [3.05, 3.63) is 51.9 Å². The van der Waals surface area contributed by atoms with Gasteiger partial charge in [-0.25, -0.2) is 9.37 Å². The zero-order valence-electron chi connectivity index (χ0n) is 11.2. The van der Waals surface area contributed by atoms with E-state index in [0.717, 1.165) is 36.9 Å². The molecule has 0 radical (unpaired) electrons. The highest BCUT2D eigenvalue weighted by atomic mass is 35.5. The van der Waals surface area contributed by atoms with Gasteiger partial charge < -0.3 is 4.74 Å². The van der Waals surface area contributed by atoms with E-state index in [1.165, 1.54) is 18.2 Å². The maximum atomic E-state index is 13.0. The Bertz CT molecular complexity index is 740. The molecule has 21 heavy (non-hydrogen) atoms. The van der Waals surface area contributed by atoms with Crippen LogP contribution >= 0.6 is 11.6 Å². The van der Waals surface area contributed by atoms with E-state index in [4.69, 9.17) is 16.3 Å². The number of pyridine rings is 1. The predicted octanol–water partition coefficient (Wildman–Crippen LogP) is 4.42. The highest BCUT2D eigenvalue weighted by molar-refractivity contribution is 6.32. The molecule has 5 heteroatoms. The Balaban J connectivity index is 1.99. The van der Waals surface area contributed by atoms with Crippen LogP contribution in [0.1, 0.15) is 29.7 Å². The topological polar surface area (TPSA) is 45.9 Å². The molecule has 1 aromatic heterocycles. The number of nitriles is 1. The first kappa shape index (κ1) is 13.8. The Kier molecular flexibility index (Phi) is 3.76. The van der Waals surface area contributed by atoms with E-state index in [-0.39, 0.29) is 16.7 Å². The van der Waals surface area contributed by atoms with Gasteiger partial charge in [0.15, 0.2) is 0 Å². The molecule has 2 aromatic rings. The second-order valence-corrected chi connectivity index (χ2v) is 5.35. The van der Waals surface area contributed by atoms with Crippen LogP contribution in [0.25, 0.3) is 0 Å². The minimum atomic E-state index is -0.439. The summed E-state index contributed by atoms with van der Waals surface area (Å²) in [4.78, 5) is 4.45. The summed E-state index contributed by atoms with van der Waals surface area (Å²) in [7, 11) is 0. The van der Waals surface area contributed by atoms with Crippen LogP contribution in [-0.2, 0) is 12.8 Å². The normalized spacial score (nSPS) is 13.4. The Morgan fingerprint density at radius 3 is 2.81 bits per heavy atom. The highest BCUT2D eigenvalue weighted by Gasteiger charge is 2.17. The molecule has 1 aromatic carbocycles. The van der Waals surface area contributed by atoms with Gasteiger partial charge in [-0.2, -0.15) is 5.26 Å². The molecule has 3 nitrogen and oxygen atoms in total. The van der Waals surface area contributed by atoms with Gasteiger partial charge in [0.1, 0.15) is 23.2 Å². The van der Waals surface area contributed by atoms with Gasteiger partial charge in [-0.05, 0) is 55.5 Å². The molecule has 1 aliphatic carbocycles. The molecule has 0 unspecified atom stereocenters. The van der Waals surface area contributed by atoms with Crippen molar-refractivity contribution in [3.63, 3.8) is 0 Å². The van der Waals surface area contributed by atoms with Crippen molar-refractivity contribution >= 4 is 11.6 Å². The number of rotatable bonds is 2. The van der Waals surface area contributed by atoms with Crippen molar-refractivity contribution in [1.82, 2.24) is 4.98 Å². The van der Waals surface area contributed by atoms with E-state index in [1.54, 1.807) is 0 Å². The molecule has 1 aliphatic rings. The van der Waals surface area contributed by atoms with E-state index < -0.39 is 5.82 Å². The van der Waals surface area contributed by atoms with Crippen molar-refractivity contribution in [2.45, 2.75) is 25.7 Å². The average molecular weight is 303 g/mol. The van der Waals surface area contributed by atoms with Gasteiger partial charge in [-0.15, -0.1) is 0 Å². The minimum absolute atomic E-state index is 0.151. The Hall–Kier alpha value is -2.12. The third-order valence-electron chi connectivity index (χ3n) is 3.49. The molecule has 0 amide bonds. The maximum absolute atomic E-state index is 13.0. The zero-order valence-corrected chi connectivity index (χ0v) is 12.0. The molecule has 0 saturated carbocycles. The molecule has 3 rings (SSSR count). The number of hydrogen-bond acceptors (Lipinski definition) is 3. The van der Waals surface area contributed by atoms with Crippen LogP contribution in [-0.4, -0.2) is 4.98 Å². The van der Waals surface area contributed by atoms with Crippen molar-refractivity contribution in [1.29, 1.82) is 5.26 Å². The molecular formula is C16H12ClFN2O. The van der Waals surface area contributed by atoms with E-state index in [2.05, 4.69) is 11.1 Å². The molecule has 0 bridgehead atoms. The average Bonchev–Trinajstić information content (AvgIpc) is 2.49. The van der Waals surface area contributed by atoms with Gasteiger partial charge in [0.2, 0.25) is 5.88 Å². The van der Waals surface area contributed by atoms with E-state index in [1.807, 2.05) is 6.07 Å². The molecule has 1 heterocycles. The fourth-order valence-corrected chi connectivity index (χ4v) is 2.64. The first-order valence-electron chi connectivity index (χ1n) is 6.73. The molecule has 0 aliphatic heterocycles. The summed E-state index contributed by atoms with van der Waals surface area (Å²) in [6.45, 7) is 0. The number of benzene rings is 1. The second-order valence-electron chi connectivity index (χ2n) is 4.94. The van der Waals surface area contributed by atoms with Crippen LogP contribution in [0.3, 0.4) is 0 Å². The number of aryl methyl sites for hydroxylation is 2. The SMILES string of the molecule is N#Cc1cc2c(nc1Oc1ccc(F)cc1Cl)CCCC2. The highest BCUT2D eigenvalue weighted by Crippen LogP contribution is 2.32. The first-order chi connectivity index (χ1) is 10.2. The zero-order chi connectivity index (χ0) is 14.8. The van der Waals surface area contributed by atoms with Crippen molar-refractivity contribution < 1.29 is 9.13 Å². The third kappa shape index (κ3) is 2.84. The lowest BCUT2D eigenvalue weighted by molar-refractivity contribution is 0.455. The van der Waals surface area contributed by atoms with E-state index in [0.29, 0.717) is 5.56 Å². The number of nitrogens with zero attached hydrogens (tertiary/aromatic N) is 2. The molecule has 0 atom stereocenters. The predicted molar refractivity (Wildman–Crippen MR) is 77.1 cm³/mol.